The van der Waals surface area contributed by atoms with Crippen LogP contribution >= 0.6 is 0 Å². The van der Waals surface area contributed by atoms with Crippen LogP contribution in [0.4, 0.5) is 0 Å². The van der Waals surface area contributed by atoms with Crippen molar-refractivity contribution in [2.75, 3.05) is 13.7 Å². The van der Waals surface area contributed by atoms with Crippen molar-refractivity contribution in [1.82, 2.24) is 0 Å². The lowest BCUT2D eigenvalue weighted by Crippen LogP contribution is -2.17. The maximum atomic E-state index is 11.3. The molecule has 0 amide bonds. The monoisotopic (exact) mass is 229 g/mol. The number of esters is 2. The second-order valence-electron chi connectivity index (χ2n) is 3.62. The molecule has 16 heavy (non-hydrogen) atoms. The lowest BCUT2D eigenvalue weighted by molar-refractivity contribution is -0.147. The van der Waals surface area contributed by atoms with Crippen molar-refractivity contribution in [2.24, 2.45) is 5.92 Å². The topological polar surface area (TPSA) is 52.6 Å². The minimum Gasteiger partial charge on any atom is -0.469 e. The van der Waals surface area contributed by atoms with Gasteiger partial charge in [0.2, 0.25) is 0 Å². The maximum absolute atomic E-state index is 11.3. The largest absolute Gasteiger partial charge is 0.469 e. The summed E-state index contributed by atoms with van der Waals surface area (Å²) >= 11 is 0. The zero-order chi connectivity index (χ0) is 12.4. The van der Waals surface area contributed by atoms with Crippen molar-refractivity contribution < 1.29 is 19.1 Å². The molecule has 0 fully saturated rings. The Labute approximate surface area is 97.3 Å². The number of hydrogen-bond donors (Lipinski definition) is 0. The predicted molar refractivity (Wildman–Crippen MR) is 60.6 cm³/mol. The highest BCUT2D eigenvalue weighted by molar-refractivity contribution is 5.74. The Bertz CT molecular complexity index is 213. The van der Waals surface area contributed by atoms with E-state index < -0.39 is 0 Å². The van der Waals surface area contributed by atoms with Crippen LogP contribution in [-0.2, 0) is 19.1 Å². The van der Waals surface area contributed by atoms with Gasteiger partial charge in [-0.2, -0.15) is 0 Å². The second kappa shape index (κ2) is 9.19. The van der Waals surface area contributed by atoms with Crippen LogP contribution in [0.25, 0.3) is 0 Å². The molecule has 0 N–H and O–H groups in total. The molecular weight excluding hydrogens is 208 g/mol. The highest BCUT2D eigenvalue weighted by Gasteiger charge is 2.18. The Kier molecular flexibility index (Phi) is 8.58. The van der Waals surface area contributed by atoms with Crippen molar-refractivity contribution >= 4 is 11.9 Å². The van der Waals surface area contributed by atoms with Crippen LogP contribution in [0.3, 0.4) is 0 Å². The van der Waals surface area contributed by atoms with E-state index >= 15 is 0 Å². The minimum absolute atomic E-state index is 0.249. The molecule has 4 nitrogen and oxygen atoms in total. The number of rotatable bonds is 8. The number of unbranched alkanes of at least 4 members (excludes halogenated alkanes) is 1. The van der Waals surface area contributed by atoms with Crippen molar-refractivity contribution in [3.8, 4) is 0 Å². The van der Waals surface area contributed by atoms with Gasteiger partial charge in [-0.25, -0.2) is 0 Å². The quantitative estimate of drug-likeness (QED) is 0.472. The second-order valence-corrected chi connectivity index (χ2v) is 3.62. The van der Waals surface area contributed by atoms with E-state index in [0.717, 1.165) is 12.8 Å². The Hall–Kier alpha value is -1.06. The predicted octanol–water partition coefficient (Wildman–Crippen LogP) is 2.12. The van der Waals surface area contributed by atoms with Crippen LogP contribution in [0.15, 0.2) is 0 Å². The van der Waals surface area contributed by atoms with Crippen LogP contribution < -0.4 is 0 Å². The molecule has 0 heterocycles. The first-order chi connectivity index (χ1) is 7.65. The Balaban J connectivity index is 3.75. The highest BCUT2D eigenvalue weighted by atomic mass is 16.5. The first kappa shape index (κ1) is 14.9. The van der Waals surface area contributed by atoms with Gasteiger partial charge < -0.3 is 9.47 Å². The fourth-order valence-electron chi connectivity index (χ4n) is 1.24. The van der Waals surface area contributed by atoms with Crippen molar-refractivity contribution in [2.45, 2.75) is 39.0 Å². The third-order valence-corrected chi connectivity index (χ3v) is 2.34. The molecule has 4 heteroatoms. The molecular formula is C12H21O4. The summed E-state index contributed by atoms with van der Waals surface area (Å²) in [6.07, 6.45) is 3.01. The molecule has 0 spiro atoms. The van der Waals surface area contributed by atoms with Crippen LogP contribution in [0.1, 0.15) is 39.0 Å². The van der Waals surface area contributed by atoms with Gasteiger partial charge in [-0.3, -0.25) is 9.59 Å². The van der Waals surface area contributed by atoms with Crippen LogP contribution in [0.2, 0.25) is 0 Å². The van der Waals surface area contributed by atoms with Gasteiger partial charge in [0.05, 0.1) is 19.6 Å². The van der Waals surface area contributed by atoms with Gasteiger partial charge in [0.1, 0.15) is 0 Å². The summed E-state index contributed by atoms with van der Waals surface area (Å²) in [5, 5.41) is 0. The number of ether oxygens (including phenoxy) is 2. The summed E-state index contributed by atoms with van der Waals surface area (Å²) in [4.78, 5) is 22.5. The summed E-state index contributed by atoms with van der Waals surface area (Å²) in [5.41, 5.74) is 0. The normalized spacial score (nSPS) is 11.9. The molecule has 1 radical (unpaired) electrons. The Morgan fingerprint density at radius 1 is 1.38 bits per heavy atom. The SMILES string of the molecule is [CH2]CC(CCC(=O)OCCCC)C(=O)OC. The van der Waals surface area contributed by atoms with Gasteiger partial charge >= 0.3 is 11.9 Å². The van der Waals surface area contributed by atoms with E-state index in [1.165, 1.54) is 7.11 Å². The summed E-state index contributed by atoms with van der Waals surface area (Å²) in [5.74, 6) is -0.865. The average molecular weight is 229 g/mol. The van der Waals surface area contributed by atoms with E-state index in [4.69, 9.17) is 4.74 Å². The molecule has 0 saturated carbocycles. The third-order valence-electron chi connectivity index (χ3n) is 2.34. The molecule has 93 valence electrons. The number of hydrogen-bond acceptors (Lipinski definition) is 4. The highest BCUT2D eigenvalue weighted by Crippen LogP contribution is 2.13. The zero-order valence-electron chi connectivity index (χ0n) is 10.2. The molecule has 0 rings (SSSR count). The van der Waals surface area contributed by atoms with E-state index in [1.54, 1.807) is 0 Å². The number of carbonyl (C=O) groups is 2. The molecule has 0 bridgehead atoms. The molecule has 0 aromatic heterocycles. The molecule has 1 atom stereocenters. The van der Waals surface area contributed by atoms with Crippen molar-refractivity contribution in [1.29, 1.82) is 0 Å². The fourth-order valence-corrected chi connectivity index (χ4v) is 1.24. The lowest BCUT2D eigenvalue weighted by atomic mass is 10.0. The molecule has 0 aromatic carbocycles. The number of carbonyl (C=O) groups excluding carboxylic acids is 2. The van der Waals surface area contributed by atoms with Crippen LogP contribution in [0.5, 0.6) is 0 Å². The first-order valence-electron chi connectivity index (χ1n) is 5.68. The van der Waals surface area contributed by atoms with E-state index in [-0.39, 0.29) is 24.3 Å². The smallest absolute Gasteiger partial charge is 0.308 e. The Morgan fingerprint density at radius 3 is 2.56 bits per heavy atom. The van der Waals surface area contributed by atoms with Gasteiger partial charge in [0.25, 0.3) is 0 Å². The third kappa shape index (κ3) is 6.43. The van der Waals surface area contributed by atoms with Gasteiger partial charge in [-0.15, -0.1) is 0 Å². The zero-order valence-corrected chi connectivity index (χ0v) is 10.2. The first-order valence-corrected chi connectivity index (χ1v) is 5.68. The van der Waals surface area contributed by atoms with Gasteiger partial charge in [0, 0.05) is 6.42 Å². The van der Waals surface area contributed by atoms with Gasteiger partial charge in [-0.05, 0) is 19.3 Å². The van der Waals surface area contributed by atoms with Crippen molar-refractivity contribution in [3.05, 3.63) is 6.92 Å². The summed E-state index contributed by atoms with van der Waals surface area (Å²) in [7, 11) is 1.34. The van der Waals surface area contributed by atoms with Crippen LogP contribution in [-0.4, -0.2) is 25.7 Å². The summed E-state index contributed by atoms with van der Waals surface area (Å²) in [6, 6.07) is 0. The van der Waals surface area contributed by atoms with Gasteiger partial charge in [0.15, 0.2) is 0 Å². The van der Waals surface area contributed by atoms with Crippen LogP contribution in [0, 0.1) is 12.8 Å². The van der Waals surface area contributed by atoms with Crippen molar-refractivity contribution in [3.63, 3.8) is 0 Å². The van der Waals surface area contributed by atoms with E-state index in [0.29, 0.717) is 19.4 Å². The Morgan fingerprint density at radius 2 is 2.06 bits per heavy atom. The van der Waals surface area contributed by atoms with E-state index in [1.807, 2.05) is 6.92 Å². The lowest BCUT2D eigenvalue weighted by Gasteiger charge is -2.11. The molecule has 0 saturated heterocycles. The standard InChI is InChI=1S/C12H21O4/c1-4-6-9-16-11(13)8-7-10(5-2)12(14)15-3/h10H,2,4-9H2,1,3H3. The number of methoxy groups -OCH3 is 1. The molecule has 0 aliphatic rings. The molecule has 0 aliphatic heterocycles. The average Bonchev–Trinajstić information content (AvgIpc) is 2.29. The summed E-state index contributed by atoms with van der Waals surface area (Å²) in [6.45, 7) is 6.15. The molecule has 0 aliphatic carbocycles. The molecule has 1 unspecified atom stereocenters. The maximum Gasteiger partial charge on any atom is 0.308 e. The van der Waals surface area contributed by atoms with Gasteiger partial charge in [-0.1, -0.05) is 20.3 Å². The summed E-state index contributed by atoms with van der Waals surface area (Å²) < 4.78 is 9.58. The minimum atomic E-state index is -0.309. The fraction of sp³-hybridized carbons (Fsp3) is 0.750. The van der Waals surface area contributed by atoms with E-state index in [2.05, 4.69) is 11.7 Å². The van der Waals surface area contributed by atoms with E-state index in [9.17, 15) is 9.59 Å². The molecule has 0 aromatic rings.